The van der Waals surface area contributed by atoms with E-state index in [1.54, 1.807) is 29.2 Å². The molecule has 40 heavy (non-hydrogen) atoms. The standard InChI is InChI=1S/C33H38N2O5/c1-4-34(5-2)20-11-21-35-30(25-16-18-27(19-17-25)40-23-24-12-8-7-9-13-24)29(32(37)33(35)38)31(36)26-14-10-15-28(22-26)39-6-3/h7-10,12-19,22,30,36H,4-6,11,20-21,23H2,1-3H3. The minimum atomic E-state index is -0.712. The molecular weight excluding hydrogens is 504 g/mol. The molecule has 7 heteroatoms. The van der Waals surface area contributed by atoms with E-state index in [4.69, 9.17) is 9.47 Å². The molecule has 1 atom stereocenters. The molecule has 0 aromatic heterocycles. The lowest BCUT2D eigenvalue weighted by Gasteiger charge is -2.27. The molecule has 4 rings (SSSR count). The number of rotatable bonds is 13. The van der Waals surface area contributed by atoms with Gasteiger partial charge < -0.3 is 24.4 Å². The highest BCUT2D eigenvalue weighted by molar-refractivity contribution is 6.46. The van der Waals surface area contributed by atoms with Gasteiger partial charge in [-0.1, -0.05) is 68.4 Å². The van der Waals surface area contributed by atoms with Crippen LogP contribution in [0.1, 0.15) is 49.9 Å². The molecule has 0 spiro atoms. The van der Waals surface area contributed by atoms with Crippen molar-refractivity contribution in [2.45, 2.75) is 39.8 Å². The molecule has 1 unspecified atom stereocenters. The number of hydrogen-bond acceptors (Lipinski definition) is 6. The Balaban J connectivity index is 1.66. The van der Waals surface area contributed by atoms with E-state index in [0.717, 1.165) is 30.8 Å². The number of amides is 1. The van der Waals surface area contributed by atoms with Crippen LogP contribution in [-0.4, -0.2) is 59.4 Å². The van der Waals surface area contributed by atoms with E-state index in [-0.39, 0.29) is 11.3 Å². The van der Waals surface area contributed by atoms with Crippen molar-refractivity contribution in [2.75, 3.05) is 32.8 Å². The van der Waals surface area contributed by atoms with E-state index in [0.29, 0.717) is 43.2 Å². The van der Waals surface area contributed by atoms with Gasteiger partial charge in [0, 0.05) is 12.1 Å². The van der Waals surface area contributed by atoms with Crippen molar-refractivity contribution in [3.63, 3.8) is 0 Å². The summed E-state index contributed by atoms with van der Waals surface area (Å²) in [7, 11) is 0. The molecule has 3 aromatic rings. The van der Waals surface area contributed by atoms with E-state index in [1.807, 2.05) is 61.5 Å². The van der Waals surface area contributed by atoms with Gasteiger partial charge in [0.2, 0.25) is 0 Å². The zero-order valence-electron chi connectivity index (χ0n) is 23.5. The van der Waals surface area contributed by atoms with Crippen LogP contribution >= 0.6 is 0 Å². The molecule has 3 aromatic carbocycles. The Kier molecular flexibility index (Phi) is 9.97. The fourth-order valence-corrected chi connectivity index (χ4v) is 5.00. The van der Waals surface area contributed by atoms with Crippen molar-refractivity contribution in [1.29, 1.82) is 0 Å². The number of carbonyl (C=O) groups excluding carboxylic acids is 2. The second kappa shape index (κ2) is 13.8. The predicted molar refractivity (Wildman–Crippen MR) is 156 cm³/mol. The molecule has 1 aliphatic rings. The first-order valence-electron chi connectivity index (χ1n) is 14.0. The quantitative estimate of drug-likeness (QED) is 0.167. The Labute approximate surface area is 236 Å². The van der Waals surface area contributed by atoms with Crippen LogP contribution in [0.4, 0.5) is 0 Å². The van der Waals surface area contributed by atoms with E-state index >= 15 is 0 Å². The van der Waals surface area contributed by atoms with Gasteiger partial charge in [0.1, 0.15) is 23.9 Å². The van der Waals surface area contributed by atoms with Crippen LogP contribution in [-0.2, 0) is 16.2 Å². The molecule has 1 N–H and O–H groups in total. The van der Waals surface area contributed by atoms with E-state index in [9.17, 15) is 14.7 Å². The van der Waals surface area contributed by atoms with Gasteiger partial charge in [-0.2, -0.15) is 0 Å². The van der Waals surface area contributed by atoms with Crippen LogP contribution < -0.4 is 9.47 Å². The molecule has 210 valence electrons. The Bertz CT molecular complexity index is 1320. The summed E-state index contributed by atoms with van der Waals surface area (Å²) in [4.78, 5) is 30.6. The summed E-state index contributed by atoms with van der Waals surface area (Å²) >= 11 is 0. The Morgan fingerprint density at radius 1 is 0.875 bits per heavy atom. The lowest BCUT2D eigenvalue weighted by Crippen LogP contribution is -2.33. The van der Waals surface area contributed by atoms with Crippen molar-refractivity contribution in [1.82, 2.24) is 9.80 Å². The maximum Gasteiger partial charge on any atom is 0.295 e. The first-order valence-corrected chi connectivity index (χ1v) is 14.0. The third-order valence-corrected chi connectivity index (χ3v) is 7.17. The lowest BCUT2D eigenvalue weighted by molar-refractivity contribution is -0.140. The molecular formula is C33H38N2O5. The molecule has 0 saturated carbocycles. The smallest absolute Gasteiger partial charge is 0.295 e. The number of hydrogen-bond donors (Lipinski definition) is 1. The van der Waals surface area contributed by atoms with E-state index in [1.165, 1.54) is 0 Å². The molecule has 1 amide bonds. The molecule has 1 aliphatic heterocycles. The van der Waals surface area contributed by atoms with E-state index in [2.05, 4.69) is 18.7 Å². The van der Waals surface area contributed by atoms with Gasteiger partial charge in [0.05, 0.1) is 18.2 Å². The number of ketones is 1. The summed E-state index contributed by atoms with van der Waals surface area (Å²) in [5.41, 5.74) is 2.30. The largest absolute Gasteiger partial charge is 0.507 e. The van der Waals surface area contributed by atoms with Crippen molar-refractivity contribution in [3.05, 3.63) is 101 Å². The van der Waals surface area contributed by atoms with Gasteiger partial charge in [0.15, 0.2) is 0 Å². The van der Waals surface area contributed by atoms with Crippen molar-refractivity contribution < 1.29 is 24.2 Å². The van der Waals surface area contributed by atoms with Crippen LogP contribution in [0.3, 0.4) is 0 Å². The normalized spacial score (nSPS) is 16.5. The number of benzene rings is 3. The number of aliphatic hydroxyl groups excluding tert-OH is 1. The zero-order chi connectivity index (χ0) is 28.5. The average molecular weight is 543 g/mol. The van der Waals surface area contributed by atoms with E-state index < -0.39 is 17.7 Å². The van der Waals surface area contributed by atoms with Crippen molar-refractivity contribution in [2.24, 2.45) is 0 Å². The summed E-state index contributed by atoms with van der Waals surface area (Å²) < 4.78 is 11.5. The number of likely N-dealkylation sites (tertiary alicyclic amines) is 1. The summed E-state index contributed by atoms with van der Waals surface area (Å²) in [5, 5.41) is 11.4. The van der Waals surface area contributed by atoms with Gasteiger partial charge >= 0.3 is 0 Å². The lowest BCUT2D eigenvalue weighted by atomic mass is 9.95. The summed E-state index contributed by atoms with van der Waals surface area (Å²) in [6, 6.07) is 23.5. The van der Waals surface area contributed by atoms with Crippen LogP contribution in [0.25, 0.3) is 5.76 Å². The fraction of sp³-hybridized carbons (Fsp3) is 0.333. The summed E-state index contributed by atoms with van der Waals surface area (Å²) in [6.07, 6.45) is 0.712. The van der Waals surface area contributed by atoms with Crippen LogP contribution in [0.5, 0.6) is 11.5 Å². The molecule has 1 fully saturated rings. The summed E-state index contributed by atoms with van der Waals surface area (Å²) in [5.74, 6) is -0.236. The maximum atomic E-state index is 13.4. The highest BCUT2D eigenvalue weighted by Crippen LogP contribution is 2.40. The zero-order valence-corrected chi connectivity index (χ0v) is 23.5. The number of ether oxygens (including phenoxy) is 2. The van der Waals surface area contributed by atoms with Gasteiger partial charge in [-0.25, -0.2) is 0 Å². The number of aliphatic hydroxyl groups is 1. The number of carbonyl (C=O) groups is 2. The second-order valence-corrected chi connectivity index (χ2v) is 9.68. The van der Waals surface area contributed by atoms with Crippen molar-refractivity contribution >= 4 is 17.4 Å². The minimum absolute atomic E-state index is 0.0828. The molecule has 0 radical (unpaired) electrons. The fourth-order valence-electron chi connectivity index (χ4n) is 5.00. The molecule has 1 saturated heterocycles. The molecule has 7 nitrogen and oxygen atoms in total. The Hall–Kier alpha value is -4.10. The van der Waals surface area contributed by atoms with Gasteiger partial charge in [0.25, 0.3) is 11.7 Å². The Morgan fingerprint density at radius 2 is 1.60 bits per heavy atom. The topological polar surface area (TPSA) is 79.3 Å². The highest BCUT2D eigenvalue weighted by atomic mass is 16.5. The van der Waals surface area contributed by atoms with Gasteiger partial charge in [-0.15, -0.1) is 0 Å². The maximum absolute atomic E-state index is 13.4. The van der Waals surface area contributed by atoms with Gasteiger partial charge in [-0.3, -0.25) is 9.59 Å². The molecule has 1 heterocycles. The first kappa shape index (κ1) is 28.9. The summed E-state index contributed by atoms with van der Waals surface area (Å²) in [6.45, 7) is 10.0. The highest BCUT2D eigenvalue weighted by Gasteiger charge is 2.45. The number of Topliss-reactive ketones (excluding diaryl/α,β-unsaturated/α-hetero) is 1. The monoisotopic (exact) mass is 542 g/mol. The third-order valence-electron chi connectivity index (χ3n) is 7.17. The van der Waals surface area contributed by atoms with Crippen LogP contribution in [0, 0.1) is 0 Å². The Morgan fingerprint density at radius 3 is 2.27 bits per heavy atom. The second-order valence-electron chi connectivity index (χ2n) is 9.68. The van der Waals surface area contributed by atoms with Gasteiger partial charge in [-0.05, 0) is 68.4 Å². The molecule has 0 bridgehead atoms. The van der Waals surface area contributed by atoms with Crippen LogP contribution in [0.15, 0.2) is 84.4 Å². The number of nitrogens with zero attached hydrogens (tertiary/aromatic N) is 2. The average Bonchev–Trinajstić information content (AvgIpc) is 3.24. The molecule has 0 aliphatic carbocycles. The van der Waals surface area contributed by atoms with Crippen LogP contribution in [0.2, 0.25) is 0 Å². The predicted octanol–water partition coefficient (Wildman–Crippen LogP) is 5.82. The first-order chi connectivity index (χ1) is 19.5. The third kappa shape index (κ3) is 6.72. The minimum Gasteiger partial charge on any atom is -0.507 e. The SMILES string of the molecule is CCOc1cccc(C(O)=C2C(=O)C(=O)N(CCCN(CC)CC)C2c2ccc(OCc3ccccc3)cc2)c1. The van der Waals surface area contributed by atoms with Crippen molar-refractivity contribution in [3.8, 4) is 11.5 Å².